The van der Waals surface area contributed by atoms with Crippen molar-refractivity contribution in [2.45, 2.75) is 45.8 Å². The second-order valence-corrected chi connectivity index (χ2v) is 10.4. The molecule has 39 heavy (non-hydrogen) atoms. The van der Waals surface area contributed by atoms with Crippen LogP contribution in [0, 0.1) is 12.8 Å². The van der Waals surface area contributed by atoms with Crippen LogP contribution in [0.15, 0.2) is 65.8 Å². The van der Waals surface area contributed by atoms with Crippen molar-refractivity contribution in [2.24, 2.45) is 10.9 Å². The average molecular weight is 556 g/mol. The first kappa shape index (κ1) is 28.4. The number of carboxylic acid groups (broad SMARTS) is 1. The molecule has 0 saturated heterocycles. The van der Waals surface area contributed by atoms with Crippen LogP contribution in [-0.2, 0) is 11.0 Å². The van der Waals surface area contributed by atoms with E-state index in [1.54, 1.807) is 12.4 Å². The van der Waals surface area contributed by atoms with Gasteiger partial charge >= 0.3 is 12.1 Å². The molecule has 5 nitrogen and oxygen atoms in total. The number of aryl methyl sites for hydroxylation is 1. The van der Waals surface area contributed by atoms with E-state index in [1.165, 1.54) is 6.07 Å². The van der Waals surface area contributed by atoms with Crippen molar-refractivity contribution in [3.8, 4) is 11.1 Å². The predicted molar refractivity (Wildman–Crippen MR) is 149 cm³/mol. The summed E-state index contributed by atoms with van der Waals surface area (Å²) in [5.41, 5.74) is 4.27. The maximum Gasteiger partial charge on any atom is 0.416 e. The lowest BCUT2D eigenvalue weighted by molar-refractivity contribution is -0.138. The minimum absolute atomic E-state index is 0.0103. The summed E-state index contributed by atoms with van der Waals surface area (Å²) in [5, 5.41) is 14.4. The van der Waals surface area contributed by atoms with E-state index < -0.39 is 17.7 Å². The zero-order valence-electron chi connectivity index (χ0n) is 21.8. The second-order valence-electron chi connectivity index (χ2n) is 10.00. The lowest BCUT2D eigenvalue weighted by Crippen LogP contribution is -2.14. The quantitative estimate of drug-likeness (QED) is 0.212. The molecule has 0 unspecified atom stereocenters. The maximum absolute atomic E-state index is 13.1. The van der Waals surface area contributed by atoms with Crippen LogP contribution in [0.5, 0.6) is 0 Å². The molecule has 0 aliphatic carbocycles. The number of aliphatic carboxylic acids is 1. The highest BCUT2D eigenvalue weighted by molar-refractivity contribution is 6.33. The molecule has 9 heteroatoms. The standard InChI is InChI=1S/C30H29ClF3N3O2/c1-18(2)12-27(21-6-4-20(5-7-21)16-35-11-10-29(38)39)37-28-13-19(3)25(14-22(28)17-36-37)24-9-8-23(15-26(24)31)30(32,33)34/h4-9,13-18,27H,10-12H2,1-3H3,(H,38,39)/t27-/m0/s1. The third-order valence-corrected chi connectivity index (χ3v) is 6.85. The van der Waals surface area contributed by atoms with Gasteiger partial charge in [0.15, 0.2) is 0 Å². The molecule has 3 aromatic carbocycles. The number of fused-ring (bicyclic) bond motifs is 1. The van der Waals surface area contributed by atoms with E-state index in [0.29, 0.717) is 11.5 Å². The molecule has 1 heterocycles. The first-order chi connectivity index (χ1) is 18.4. The van der Waals surface area contributed by atoms with Gasteiger partial charge in [-0.3, -0.25) is 14.5 Å². The molecule has 1 atom stereocenters. The highest BCUT2D eigenvalue weighted by Gasteiger charge is 2.31. The van der Waals surface area contributed by atoms with Gasteiger partial charge < -0.3 is 5.11 Å². The number of carboxylic acids is 1. The molecule has 204 valence electrons. The monoisotopic (exact) mass is 555 g/mol. The molecule has 0 radical (unpaired) electrons. The Morgan fingerprint density at radius 3 is 2.44 bits per heavy atom. The van der Waals surface area contributed by atoms with Gasteiger partial charge in [0, 0.05) is 28.7 Å². The van der Waals surface area contributed by atoms with E-state index in [9.17, 15) is 18.0 Å². The van der Waals surface area contributed by atoms with Crippen LogP contribution in [0.2, 0.25) is 5.02 Å². The lowest BCUT2D eigenvalue weighted by Gasteiger charge is -2.22. The number of hydrogen-bond acceptors (Lipinski definition) is 3. The average Bonchev–Trinajstić information content (AvgIpc) is 3.27. The molecule has 4 aromatic rings. The fourth-order valence-electron chi connectivity index (χ4n) is 4.60. The molecule has 1 N–H and O–H groups in total. The van der Waals surface area contributed by atoms with Crippen LogP contribution in [0.25, 0.3) is 22.0 Å². The van der Waals surface area contributed by atoms with Gasteiger partial charge in [-0.1, -0.05) is 55.8 Å². The Hall–Kier alpha value is -3.65. The Kier molecular flexibility index (Phi) is 8.45. The molecule has 1 aromatic heterocycles. The van der Waals surface area contributed by atoms with Crippen LogP contribution in [0.4, 0.5) is 13.2 Å². The zero-order valence-corrected chi connectivity index (χ0v) is 22.6. The number of aromatic nitrogens is 2. The Morgan fingerprint density at radius 2 is 1.82 bits per heavy atom. The topological polar surface area (TPSA) is 67.5 Å². The number of hydrogen-bond donors (Lipinski definition) is 1. The summed E-state index contributed by atoms with van der Waals surface area (Å²) >= 11 is 6.30. The summed E-state index contributed by atoms with van der Waals surface area (Å²) in [4.78, 5) is 14.8. The van der Waals surface area contributed by atoms with Gasteiger partial charge in [-0.15, -0.1) is 0 Å². The predicted octanol–water partition coefficient (Wildman–Crippen LogP) is 8.21. The lowest BCUT2D eigenvalue weighted by atomic mass is 9.95. The molecular weight excluding hydrogens is 527 g/mol. The van der Waals surface area contributed by atoms with Crippen molar-refractivity contribution < 1.29 is 23.1 Å². The van der Waals surface area contributed by atoms with Crippen LogP contribution >= 0.6 is 11.6 Å². The second kappa shape index (κ2) is 11.6. The summed E-state index contributed by atoms with van der Waals surface area (Å²) in [7, 11) is 0. The molecular formula is C30H29ClF3N3O2. The third kappa shape index (κ3) is 6.68. The van der Waals surface area contributed by atoms with Gasteiger partial charge in [-0.25, -0.2) is 0 Å². The number of aliphatic imine (C=N–C) groups is 1. The van der Waals surface area contributed by atoms with Gasteiger partial charge in [-0.2, -0.15) is 18.3 Å². The number of nitrogens with zero attached hydrogens (tertiary/aromatic N) is 3. The normalized spacial score (nSPS) is 13.0. The van der Waals surface area contributed by atoms with E-state index in [4.69, 9.17) is 21.8 Å². The van der Waals surface area contributed by atoms with E-state index in [0.717, 1.165) is 51.7 Å². The maximum atomic E-state index is 13.1. The van der Waals surface area contributed by atoms with E-state index in [1.807, 2.05) is 48.0 Å². The van der Waals surface area contributed by atoms with E-state index >= 15 is 0 Å². The van der Waals surface area contributed by atoms with Crippen molar-refractivity contribution in [3.63, 3.8) is 0 Å². The number of benzene rings is 3. The Balaban J connectivity index is 1.68. The molecule has 4 rings (SSSR count). The van der Waals surface area contributed by atoms with Crippen LogP contribution < -0.4 is 0 Å². The summed E-state index contributed by atoms with van der Waals surface area (Å²) in [6.07, 6.45) is -0.186. The summed E-state index contributed by atoms with van der Waals surface area (Å²) < 4.78 is 41.4. The van der Waals surface area contributed by atoms with Crippen molar-refractivity contribution in [2.75, 3.05) is 6.54 Å². The summed E-state index contributed by atoms with van der Waals surface area (Å²) in [6, 6.07) is 15.3. The number of rotatable bonds is 9. The Morgan fingerprint density at radius 1 is 1.10 bits per heavy atom. The first-order valence-electron chi connectivity index (χ1n) is 12.6. The first-order valence-corrected chi connectivity index (χ1v) is 13.0. The summed E-state index contributed by atoms with van der Waals surface area (Å²) in [5.74, 6) is -0.492. The van der Waals surface area contributed by atoms with Gasteiger partial charge in [-0.05, 0) is 65.8 Å². The minimum atomic E-state index is -4.46. The highest BCUT2D eigenvalue weighted by atomic mass is 35.5. The molecule has 0 aliphatic heterocycles. The van der Waals surface area contributed by atoms with E-state index in [2.05, 4.69) is 18.8 Å². The van der Waals surface area contributed by atoms with Crippen molar-refractivity contribution in [3.05, 3.63) is 88.1 Å². The van der Waals surface area contributed by atoms with Crippen molar-refractivity contribution in [1.29, 1.82) is 0 Å². The Bertz CT molecular complexity index is 1510. The Labute approximate surface area is 229 Å². The summed E-state index contributed by atoms with van der Waals surface area (Å²) in [6.45, 7) is 6.44. The van der Waals surface area contributed by atoms with Crippen LogP contribution in [0.1, 0.15) is 55.0 Å². The molecule has 0 spiro atoms. The molecule has 0 saturated carbocycles. The molecule has 0 bridgehead atoms. The SMILES string of the molecule is Cc1cc2c(cnn2[C@@H](CC(C)C)c2ccc(C=NCCC(=O)O)cc2)cc1-c1ccc(C(F)(F)F)cc1Cl. The van der Waals surface area contributed by atoms with Gasteiger partial charge in [0.2, 0.25) is 0 Å². The molecule has 0 aliphatic rings. The minimum Gasteiger partial charge on any atom is -0.481 e. The van der Waals surface area contributed by atoms with Gasteiger partial charge in [0.1, 0.15) is 0 Å². The van der Waals surface area contributed by atoms with E-state index in [-0.39, 0.29) is 24.0 Å². The molecule has 0 fully saturated rings. The zero-order chi connectivity index (χ0) is 28.3. The van der Waals surface area contributed by atoms with Gasteiger partial charge in [0.05, 0.1) is 29.7 Å². The number of halogens is 4. The fourth-order valence-corrected chi connectivity index (χ4v) is 4.89. The van der Waals surface area contributed by atoms with Crippen LogP contribution in [0.3, 0.4) is 0 Å². The van der Waals surface area contributed by atoms with Crippen molar-refractivity contribution >= 4 is 34.7 Å². The molecule has 0 amide bonds. The van der Waals surface area contributed by atoms with Gasteiger partial charge in [0.25, 0.3) is 0 Å². The smallest absolute Gasteiger partial charge is 0.416 e. The number of carbonyl (C=O) groups is 1. The largest absolute Gasteiger partial charge is 0.481 e. The van der Waals surface area contributed by atoms with Crippen molar-refractivity contribution in [1.82, 2.24) is 9.78 Å². The fraction of sp³-hybridized carbons (Fsp3) is 0.300. The van der Waals surface area contributed by atoms with Crippen LogP contribution in [-0.4, -0.2) is 33.6 Å². The third-order valence-electron chi connectivity index (χ3n) is 6.53. The highest BCUT2D eigenvalue weighted by Crippen LogP contribution is 2.38. The number of alkyl halides is 3.